The van der Waals surface area contributed by atoms with E-state index in [1.165, 1.54) is 21.0 Å². The summed E-state index contributed by atoms with van der Waals surface area (Å²) in [5.41, 5.74) is -1.65. The summed E-state index contributed by atoms with van der Waals surface area (Å²) in [6.45, 7) is 2.76. The van der Waals surface area contributed by atoms with E-state index >= 15 is 0 Å². The van der Waals surface area contributed by atoms with Gasteiger partial charge in [0.15, 0.2) is 5.82 Å². The van der Waals surface area contributed by atoms with Crippen LogP contribution in [0.15, 0.2) is 6.07 Å². The number of carboxylic acids is 1. The smallest absolute Gasteiger partial charge is 0.309 e. The number of benzene rings is 1. The van der Waals surface area contributed by atoms with Gasteiger partial charge in [-0.25, -0.2) is 8.78 Å². The van der Waals surface area contributed by atoms with E-state index in [0.29, 0.717) is 0 Å². The number of carbonyl (C=O) groups is 1. The zero-order valence-corrected chi connectivity index (χ0v) is 10.9. The third-order valence-electron chi connectivity index (χ3n) is 2.64. The first-order valence-corrected chi connectivity index (χ1v) is 5.52. The van der Waals surface area contributed by atoms with Crippen LogP contribution in [0.4, 0.5) is 8.78 Å². The summed E-state index contributed by atoms with van der Waals surface area (Å²) in [5.74, 6) is -3.12. The minimum Gasteiger partial charge on any atom is -0.495 e. The molecule has 0 heterocycles. The van der Waals surface area contributed by atoms with E-state index in [-0.39, 0.29) is 22.8 Å². The van der Waals surface area contributed by atoms with E-state index in [1.807, 2.05) is 0 Å². The van der Waals surface area contributed by atoms with Gasteiger partial charge in [0, 0.05) is 11.6 Å². The summed E-state index contributed by atoms with van der Waals surface area (Å²) in [6.07, 6.45) is -0.302. The van der Waals surface area contributed by atoms with Crippen LogP contribution in [0.1, 0.15) is 19.4 Å². The van der Waals surface area contributed by atoms with E-state index in [1.54, 1.807) is 0 Å². The Hall–Kier alpha value is -1.36. The molecule has 0 bridgehead atoms. The third-order valence-corrected chi connectivity index (χ3v) is 2.99. The molecule has 0 unspecified atom stereocenters. The molecule has 0 aromatic heterocycles. The van der Waals surface area contributed by atoms with Crippen LogP contribution in [0.5, 0.6) is 5.75 Å². The van der Waals surface area contributed by atoms with Crippen LogP contribution in [-0.2, 0) is 11.2 Å². The van der Waals surface area contributed by atoms with E-state index in [0.717, 1.165) is 6.07 Å². The molecular formula is C12H13ClF2O3. The zero-order chi connectivity index (χ0) is 14.1. The van der Waals surface area contributed by atoms with Gasteiger partial charge in [-0.1, -0.05) is 11.6 Å². The molecule has 1 rings (SSSR count). The Morgan fingerprint density at radius 3 is 2.50 bits per heavy atom. The Kier molecular flexibility index (Phi) is 4.16. The molecule has 1 aromatic carbocycles. The number of methoxy groups -OCH3 is 1. The Morgan fingerprint density at radius 2 is 2.06 bits per heavy atom. The van der Waals surface area contributed by atoms with Crippen molar-refractivity contribution in [1.82, 2.24) is 0 Å². The molecule has 100 valence electrons. The van der Waals surface area contributed by atoms with Gasteiger partial charge in [-0.15, -0.1) is 0 Å². The lowest BCUT2D eigenvalue weighted by Gasteiger charge is -2.20. The zero-order valence-electron chi connectivity index (χ0n) is 10.2. The molecule has 0 atom stereocenters. The van der Waals surface area contributed by atoms with Gasteiger partial charge in [0.05, 0.1) is 12.5 Å². The quantitative estimate of drug-likeness (QED) is 0.860. The second kappa shape index (κ2) is 5.10. The Bertz CT molecular complexity index is 487. The maximum atomic E-state index is 13.9. The summed E-state index contributed by atoms with van der Waals surface area (Å²) >= 11 is 5.66. The van der Waals surface area contributed by atoms with Gasteiger partial charge in [0.25, 0.3) is 0 Å². The Morgan fingerprint density at radius 1 is 1.50 bits per heavy atom. The highest BCUT2D eigenvalue weighted by molar-refractivity contribution is 6.32. The van der Waals surface area contributed by atoms with Crippen molar-refractivity contribution < 1.29 is 23.4 Å². The topological polar surface area (TPSA) is 46.5 Å². The molecular weight excluding hydrogens is 266 g/mol. The lowest BCUT2D eigenvalue weighted by molar-refractivity contribution is -0.146. The van der Waals surface area contributed by atoms with Crippen LogP contribution in [-0.4, -0.2) is 18.2 Å². The normalized spacial score (nSPS) is 11.4. The number of carboxylic acid groups (broad SMARTS) is 1. The number of halogens is 3. The Balaban J connectivity index is 3.27. The fourth-order valence-electron chi connectivity index (χ4n) is 1.44. The number of ether oxygens (including phenoxy) is 1. The minimum absolute atomic E-state index is 0.122. The molecule has 0 spiro atoms. The van der Waals surface area contributed by atoms with Gasteiger partial charge in [0.1, 0.15) is 16.6 Å². The average Bonchev–Trinajstić information content (AvgIpc) is 2.29. The Labute approximate surface area is 108 Å². The van der Waals surface area contributed by atoms with Gasteiger partial charge in [-0.3, -0.25) is 4.79 Å². The molecule has 0 saturated heterocycles. The number of aliphatic carboxylic acids is 1. The molecule has 6 heteroatoms. The summed E-state index contributed by atoms with van der Waals surface area (Å²) in [7, 11) is 1.24. The van der Waals surface area contributed by atoms with Crippen molar-refractivity contribution in [3.05, 3.63) is 28.3 Å². The van der Waals surface area contributed by atoms with Crippen molar-refractivity contribution in [3.8, 4) is 5.75 Å². The van der Waals surface area contributed by atoms with Crippen molar-refractivity contribution in [2.75, 3.05) is 7.11 Å². The fourth-order valence-corrected chi connectivity index (χ4v) is 1.68. The molecule has 0 radical (unpaired) electrons. The molecule has 0 aliphatic rings. The molecule has 3 nitrogen and oxygen atoms in total. The molecule has 0 saturated carbocycles. The van der Waals surface area contributed by atoms with Crippen LogP contribution >= 0.6 is 11.6 Å². The molecule has 0 amide bonds. The first-order valence-electron chi connectivity index (χ1n) is 5.14. The van der Waals surface area contributed by atoms with Crippen LogP contribution in [0.2, 0.25) is 5.02 Å². The van der Waals surface area contributed by atoms with E-state index in [9.17, 15) is 13.6 Å². The van der Waals surface area contributed by atoms with Gasteiger partial charge in [0.2, 0.25) is 0 Å². The molecule has 18 heavy (non-hydrogen) atoms. The highest BCUT2D eigenvalue weighted by Gasteiger charge is 2.31. The van der Waals surface area contributed by atoms with Crippen LogP contribution in [0.3, 0.4) is 0 Å². The lowest BCUT2D eigenvalue weighted by Crippen LogP contribution is -2.27. The monoisotopic (exact) mass is 278 g/mol. The summed E-state index contributed by atoms with van der Waals surface area (Å²) < 4.78 is 32.3. The number of hydrogen-bond donors (Lipinski definition) is 1. The molecule has 0 aliphatic carbocycles. The maximum absolute atomic E-state index is 13.9. The molecule has 0 fully saturated rings. The molecule has 0 aliphatic heterocycles. The predicted molar refractivity (Wildman–Crippen MR) is 63.0 cm³/mol. The third kappa shape index (κ3) is 2.72. The maximum Gasteiger partial charge on any atom is 0.309 e. The standard InChI is InChI=1S/C12H13ClF2O3/c1-12(2,11(16)17)5-6-7(14)4-8(18-3)9(13)10(6)15/h4H,5H2,1-3H3,(H,16,17). The van der Waals surface area contributed by atoms with Gasteiger partial charge >= 0.3 is 5.97 Å². The first-order chi connectivity index (χ1) is 8.20. The second-order valence-corrected chi connectivity index (χ2v) is 4.91. The van der Waals surface area contributed by atoms with Gasteiger partial charge in [-0.2, -0.15) is 0 Å². The second-order valence-electron chi connectivity index (χ2n) is 4.53. The van der Waals surface area contributed by atoms with E-state index in [4.69, 9.17) is 21.4 Å². The highest BCUT2D eigenvalue weighted by atomic mass is 35.5. The van der Waals surface area contributed by atoms with Crippen molar-refractivity contribution in [2.45, 2.75) is 20.3 Å². The van der Waals surface area contributed by atoms with Gasteiger partial charge < -0.3 is 9.84 Å². The van der Waals surface area contributed by atoms with Crippen LogP contribution in [0.25, 0.3) is 0 Å². The first kappa shape index (κ1) is 14.7. The SMILES string of the molecule is COc1cc(F)c(CC(C)(C)C(=O)O)c(F)c1Cl. The number of hydrogen-bond acceptors (Lipinski definition) is 2. The van der Waals surface area contributed by atoms with Crippen molar-refractivity contribution in [2.24, 2.45) is 5.41 Å². The summed E-state index contributed by atoms with van der Waals surface area (Å²) in [6, 6.07) is 0.943. The van der Waals surface area contributed by atoms with Crippen LogP contribution < -0.4 is 4.74 Å². The highest BCUT2D eigenvalue weighted by Crippen LogP contribution is 2.34. The fraction of sp³-hybridized carbons (Fsp3) is 0.417. The molecule has 1 aromatic rings. The van der Waals surface area contributed by atoms with E-state index < -0.39 is 23.0 Å². The van der Waals surface area contributed by atoms with E-state index in [2.05, 4.69) is 0 Å². The van der Waals surface area contributed by atoms with Crippen molar-refractivity contribution >= 4 is 17.6 Å². The predicted octanol–water partition coefficient (Wildman–Crippen LogP) is 3.28. The average molecular weight is 279 g/mol. The van der Waals surface area contributed by atoms with Crippen LogP contribution in [0, 0.1) is 17.0 Å². The lowest BCUT2D eigenvalue weighted by atomic mass is 9.85. The summed E-state index contributed by atoms with van der Waals surface area (Å²) in [4.78, 5) is 11.0. The minimum atomic E-state index is -1.29. The largest absolute Gasteiger partial charge is 0.495 e. The summed E-state index contributed by atoms with van der Waals surface area (Å²) in [5, 5.41) is 8.60. The van der Waals surface area contributed by atoms with Crippen molar-refractivity contribution in [3.63, 3.8) is 0 Å². The molecule has 1 N–H and O–H groups in total. The van der Waals surface area contributed by atoms with Crippen molar-refractivity contribution in [1.29, 1.82) is 0 Å². The van der Waals surface area contributed by atoms with Gasteiger partial charge in [-0.05, 0) is 20.3 Å². The number of rotatable bonds is 4.